The maximum absolute atomic E-state index is 9.76. The Morgan fingerprint density at radius 3 is 2.30 bits per heavy atom. The first-order valence-electron chi connectivity index (χ1n) is 6.96. The molecule has 3 heteroatoms. The van der Waals surface area contributed by atoms with E-state index >= 15 is 0 Å². The van der Waals surface area contributed by atoms with Crippen molar-refractivity contribution in [2.45, 2.75) is 58.7 Å². The molecule has 0 spiro atoms. The van der Waals surface area contributed by atoms with Crippen LogP contribution < -0.4 is 0 Å². The van der Waals surface area contributed by atoms with Crippen LogP contribution in [0.25, 0.3) is 0 Å². The number of aliphatic hydroxyl groups excluding tert-OH is 1. The fourth-order valence-electron chi connectivity index (χ4n) is 1.52. The second kappa shape index (κ2) is 12.0. The summed E-state index contributed by atoms with van der Waals surface area (Å²) in [6.07, 6.45) is 7.91. The van der Waals surface area contributed by atoms with E-state index in [0.29, 0.717) is 6.42 Å². The lowest BCUT2D eigenvalue weighted by Crippen LogP contribution is -2.25. The molecule has 0 aromatic carbocycles. The summed E-state index contributed by atoms with van der Waals surface area (Å²) >= 11 is 4.21. The van der Waals surface area contributed by atoms with Gasteiger partial charge in [-0.1, -0.05) is 50.3 Å². The zero-order chi connectivity index (χ0) is 16.2. The molecule has 2 nitrogen and oxygen atoms in total. The molecule has 0 aromatic heterocycles. The summed E-state index contributed by atoms with van der Waals surface area (Å²) in [5, 5.41) is 9.76. The molecule has 0 aliphatic heterocycles. The van der Waals surface area contributed by atoms with Crippen molar-refractivity contribution in [1.82, 2.24) is 0 Å². The number of ether oxygens (including phenoxy) is 1. The zero-order valence-corrected chi connectivity index (χ0v) is 14.4. The Balaban J connectivity index is 0. The Kier molecular flexibility index (Phi) is 12.9. The largest absolute Gasteiger partial charge is 0.368 e. The van der Waals surface area contributed by atoms with Gasteiger partial charge in [-0.15, -0.1) is 19.2 Å². The first kappa shape index (κ1) is 21.5. The van der Waals surface area contributed by atoms with Gasteiger partial charge in [-0.25, -0.2) is 0 Å². The summed E-state index contributed by atoms with van der Waals surface area (Å²) in [7, 11) is 0. The quantitative estimate of drug-likeness (QED) is 0.284. The molecular formula is C17H30O2S. The van der Waals surface area contributed by atoms with E-state index in [1.165, 1.54) is 0 Å². The monoisotopic (exact) mass is 298 g/mol. The molecule has 0 rings (SSSR count). The lowest BCUT2D eigenvalue weighted by molar-refractivity contribution is -0.135. The first-order chi connectivity index (χ1) is 9.28. The summed E-state index contributed by atoms with van der Waals surface area (Å²) in [4.78, 5) is -0.638. The van der Waals surface area contributed by atoms with Gasteiger partial charge < -0.3 is 9.84 Å². The Labute approximate surface area is 130 Å². The molecule has 0 fully saturated rings. The third-order valence-corrected chi connectivity index (χ3v) is 2.17. The minimum absolute atomic E-state index is 0.454. The molecule has 0 amide bonds. The van der Waals surface area contributed by atoms with Gasteiger partial charge in [0.25, 0.3) is 0 Å². The van der Waals surface area contributed by atoms with E-state index in [9.17, 15) is 5.11 Å². The molecule has 0 heterocycles. The average Bonchev–Trinajstić information content (AvgIpc) is 2.29. The molecule has 1 unspecified atom stereocenters. The third-order valence-electron chi connectivity index (χ3n) is 2.06. The highest BCUT2D eigenvalue weighted by molar-refractivity contribution is 7.81. The van der Waals surface area contributed by atoms with Crippen LogP contribution in [0.1, 0.15) is 47.5 Å². The number of thiol groups is 1. The van der Waals surface area contributed by atoms with E-state index in [2.05, 4.69) is 25.8 Å². The average molecular weight is 298 g/mol. The maximum Gasteiger partial charge on any atom is 0.160 e. The molecule has 0 saturated carbocycles. The molecule has 0 aromatic rings. The molecule has 0 radical (unpaired) electrons. The van der Waals surface area contributed by atoms with E-state index in [-0.39, 0.29) is 0 Å². The molecule has 20 heavy (non-hydrogen) atoms. The number of hydrogen-bond donors (Lipinski definition) is 2. The standard InChI is InChI=1S/C15H24O2S.C2H6/c1-6-8-13(9-7-2)10-12(3)11-14(16)17-15(4,5)18;1-2/h6-8,10,14,16,18H,1-2,9,11H2,3-5H3;1-2H3/b12-10+,13-8-;. The lowest BCUT2D eigenvalue weighted by Gasteiger charge is -2.23. The maximum atomic E-state index is 9.76. The second-order valence-corrected chi connectivity index (χ2v) is 5.76. The van der Waals surface area contributed by atoms with Crippen LogP contribution in [0.5, 0.6) is 0 Å². The smallest absolute Gasteiger partial charge is 0.160 e. The molecule has 1 N–H and O–H groups in total. The van der Waals surface area contributed by atoms with Crippen molar-refractivity contribution in [2.75, 3.05) is 0 Å². The Bertz CT molecular complexity index is 335. The molecule has 116 valence electrons. The van der Waals surface area contributed by atoms with Crippen LogP contribution in [0.2, 0.25) is 0 Å². The van der Waals surface area contributed by atoms with Crippen molar-refractivity contribution in [3.63, 3.8) is 0 Å². The fourth-order valence-corrected chi connectivity index (χ4v) is 1.64. The van der Waals surface area contributed by atoms with Crippen molar-refractivity contribution < 1.29 is 9.84 Å². The van der Waals surface area contributed by atoms with Crippen LogP contribution in [0.15, 0.2) is 48.6 Å². The van der Waals surface area contributed by atoms with Gasteiger partial charge in [0.1, 0.15) is 4.93 Å². The van der Waals surface area contributed by atoms with Crippen LogP contribution >= 0.6 is 12.6 Å². The van der Waals surface area contributed by atoms with Crippen LogP contribution in [0.4, 0.5) is 0 Å². The van der Waals surface area contributed by atoms with Gasteiger partial charge in [0.15, 0.2) is 6.29 Å². The minimum atomic E-state index is -0.845. The molecular weight excluding hydrogens is 268 g/mol. The van der Waals surface area contributed by atoms with Gasteiger partial charge in [0.2, 0.25) is 0 Å². The number of aliphatic hydroxyl groups is 1. The Hall–Kier alpha value is -0.770. The first-order valence-corrected chi connectivity index (χ1v) is 7.41. The van der Waals surface area contributed by atoms with Crippen molar-refractivity contribution in [3.8, 4) is 0 Å². The normalized spacial score (nSPS) is 14.2. The molecule has 1 atom stereocenters. The zero-order valence-electron chi connectivity index (χ0n) is 13.5. The Morgan fingerprint density at radius 1 is 1.35 bits per heavy atom. The summed E-state index contributed by atoms with van der Waals surface area (Å²) in [6, 6.07) is 0. The second-order valence-electron chi connectivity index (χ2n) is 4.68. The SMILES string of the molecule is C=C/C=C(\C=C(/C)CC(O)OC(C)(C)S)CC=C.CC. The summed E-state index contributed by atoms with van der Waals surface area (Å²) in [5.41, 5.74) is 2.14. The van der Waals surface area contributed by atoms with Crippen molar-refractivity contribution in [1.29, 1.82) is 0 Å². The van der Waals surface area contributed by atoms with Gasteiger partial charge in [0, 0.05) is 6.42 Å². The highest BCUT2D eigenvalue weighted by Crippen LogP contribution is 2.19. The van der Waals surface area contributed by atoms with E-state index in [4.69, 9.17) is 4.74 Å². The van der Waals surface area contributed by atoms with Crippen LogP contribution in [0.3, 0.4) is 0 Å². The predicted octanol–water partition coefficient (Wildman–Crippen LogP) is 5.04. The van der Waals surface area contributed by atoms with Gasteiger partial charge in [-0.2, -0.15) is 0 Å². The van der Waals surface area contributed by atoms with Gasteiger partial charge in [-0.3, -0.25) is 0 Å². The van der Waals surface area contributed by atoms with E-state index in [1.807, 2.05) is 39.0 Å². The van der Waals surface area contributed by atoms with Gasteiger partial charge >= 0.3 is 0 Å². The van der Waals surface area contributed by atoms with Crippen molar-refractivity contribution >= 4 is 12.6 Å². The van der Waals surface area contributed by atoms with Crippen molar-refractivity contribution in [2.24, 2.45) is 0 Å². The molecule has 0 bridgehead atoms. The number of rotatable bonds is 8. The van der Waals surface area contributed by atoms with Crippen molar-refractivity contribution in [3.05, 3.63) is 48.6 Å². The number of hydrogen-bond acceptors (Lipinski definition) is 3. The summed E-state index contributed by atoms with van der Waals surface area (Å²) in [5.74, 6) is 0. The highest BCUT2D eigenvalue weighted by atomic mass is 32.1. The van der Waals surface area contributed by atoms with Gasteiger partial charge in [-0.05, 0) is 32.8 Å². The van der Waals surface area contributed by atoms with Crippen LogP contribution in [-0.2, 0) is 4.74 Å². The van der Waals surface area contributed by atoms with E-state index < -0.39 is 11.2 Å². The minimum Gasteiger partial charge on any atom is -0.368 e. The van der Waals surface area contributed by atoms with E-state index in [0.717, 1.165) is 17.6 Å². The summed E-state index contributed by atoms with van der Waals surface area (Å²) in [6.45, 7) is 16.9. The lowest BCUT2D eigenvalue weighted by atomic mass is 10.1. The van der Waals surface area contributed by atoms with E-state index in [1.54, 1.807) is 19.9 Å². The third kappa shape index (κ3) is 13.7. The molecule has 0 aliphatic carbocycles. The number of allylic oxidation sites excluding steroid dienone is 5. The topological polar surface area (TPSA) is 29.5 Å². The van der Waals surface area contributed by atoms with Crippen LogP contribution in [-0.4, -0.2) is 16.3 Å². The Morgan fingerprint density at radius 2 is 1.90 bits per heavy atom. The summed E-state index contributed by atoms with van der Waals surface area (Å²) < 4.78 is 5.33. The van der Waals surface area contributed by atoms with Gasteiger partial charge in [0.05, 0.1) is 0 Å². The van der Waals surface area contributed by atoms with Crippen LogP contribution in [0, 0.1) is 0 Å². The highest BCUT2D eigenvalue weighted by Gasteiger charge is 2.17. The fraction of sp³-hybridized carbons (Fsp3) is 0.529. The molecule has 0 saturated heterocycles. The predicted molar refractivity (Wildman–Crippen MR) is 93.0 cm³/mol. The molecule has 0 aliphatic rings.